The highest BCUT2D eigenvalue weighted by Gasteiger charge is 2.31. The Kier molecular flexibility index (Phi) is 3.69. The summed E-state index contributed by atoms with van der Waals surface area (Å²) >= 11 is 6.26. The van der Waals surface area contributed by atoms with Crippen LogP contribution in [0.4, 0.5) is 8.78 Å². The molecule has 1 heterocycles. The highest BCUT2D eigenvalue weighted by Crippen LogP contribution is 2.38. The summed E-state index contributed by atoms with van der Waals surface area (Å²) in [5, 5.41) is -0.459. The Labute approximate surface area is 105 Å². The molecule has 0 bridgehead atoms. The molecule has 2 rings (SSSR count). The van der Waals surface area contributed by atoms with Crippen LogP contribution in [0.3, 0.4) is 0 Å². The minimum Gasteiger partial charge on any atom is -0.378 e. The highest BCUT2D eigenvalue weighted by molar-refractivity contribution is 6.21. The molecule has 1 saturated heterocycles. The van der Waals surface area contributed by atoms with Crippen molar-refractivity contribution in [2.45, 2.75) is 31.7 Å². The van der Waals surface area contributed by atoms with E-state index in [1.165, 1.54) is 6.07 Å². The highest BCUT2D eigenvalue weighted by atomic mass is 35.5. The SMILES string of the molecule is Cc1cc(C(Cl)C2COC(C)C2)c(F)cc1F. The van der Waals surface area contributed by atoms with Gasteiger partial charge in [0, 0.05) is 17.5 Å². The van der Waals surface area contributed by atoms with Crippen molar-refractivity contribution in [1.29, 1.82) is 0 Å². The van der Waals surface area contributed by atoms with Crippen molar-refractivity contribution in [2.75, 3.05) is 6.61 Å². The van der Waals surface area contributed by atoms with Crippen molar-refractivity contribution in [1.82, 2.24) is 0 Å². The third-order valence-electron chi connectivity index (χ3n) is 3.22. The van der Waals surface area contributed by atoms with Gasteiger partial charge in [-0.3, -0.25) is 0 Å². The van der Waals surface area contributed by atoms with Crippen molar-refractivity contribution < 1.29 is 13.5 Å². The van der Waals surface area contributed by atoms with E-state index in [2.05, 4.69) is 0 Å². The standard InChI is InChI=1S/C13H15ClF2O/c1-7-3-10(12(16)5-11(7)15)13(14)9-4-8(2)17-6-9/h3,5,8-9,13H,4,6H2,1-2H3. The maximum absolute atomic E-state index is 13.7. The lowest BCUT2D eigenvalue weighted by molar-refractivity contribution is 0.119. The molecule has 1 aliphatic rings. The predicted octanol–water partition coefficient (Wildman–Crippen LogP) is 3.98. The molecule has 0 N–H and O–H groups in total. The van der Waals surface area contributed by atoms with Gasteiger partial charge < -0.3 is 4.74 Å². The van der Waals surface area contributed by atoms with E-state index in [1.54, 1.807) is 6.92 Å². The fourth-order valence-corrected chi connectivity index (χ4v) is 2.54. The van der Waals surface area contributed by atoms with E-state index >= 15 is 0 Å². The van der Waals surface area contributed by atoms with Crippen LogP contribution in [0.2, 0.25) is 0 Å². The molecule has 0 aliphatic carbocycles. The normalized spacial score (nSPS) is 26.2. The van der Waals surface area contributed by atoms with Gasteiger partial charge in [0.1, 0.15) is 11.6 Å². The summed E-state index contributed by atoms with van der Waals surface area (Å²) in [5.74, 6) is -1.02. The summed E-state index contributed by atoms with van der Waals surface area (Å²) in [6, 6.07) is 2.39. The van der Waals surface area contributed by atoms with Gasteiger partial charge in [-0.05, 0) is 31.9 Å². The first-order valence-electron chi connectivity index (χ1n) is 5.70. The first kappa shape index (κ1) is 12.8. The molecule has 3 unspecified atom stereocenters. The number of rotatable bonds is 2. The second kappa shape index (κ2) is 4.91. The summed E-state index contributed by atoms with van der Waals surface area (Å²) < 4.78 is 32.2. The van der Waals surface area contributed by atoms with E-state index in [0.717, 1.165) is 12.5 Å². The number of hydrogen-bond donors (Lipinski definition) is 0. The molecule has 3 atom stereocenters. The molecule has 17 heavy (non-hydrogen) atoms. The molecular weight excluding hydrogens is 246 g/mol. The predicted molar refractivity (Wildman–Crippen MR) is 63.2 cm³/mol. The van der Waals surface area contributed by atoms with Crippen molar-refractivity contribution in [2.24, 2.45) is 5.92 Å². The summed E-state index contributed by atoms with van der Waals surface area (Å²) in [7, 11) is 0. The van der Waals surface area contributed by atoms with Gasteiger partial charge in [-0.1, -0.05) is 0 Å². The maximum Gasteiger partial charge on any atom is 0.130 e. The van der Waals surface area contributed by atoms with Gasteiger partial charge >= 0.3 is 0 Å². The van der Waals surface area contributed by atoms with E-state index in [1.807, 2.05) is 6.92 Å². The number of benzene rings is 1. The number of aryl methyl sites for hydroxylation is 1. The minimum atomic E-state index is -0.576. The third kappa shape index (κ3) is 2.61. The third-order valence-corrected chi connectivity index (χ3v) is 3.81. The monoisotopic (exact) mass is 260 g/mol. The molecule has 1 fully saturated rings. The van der Waals surface area contributed by atoms with Crippen molar-refractivity contribution in [3.63, 3.8) is 0 Å². The van der Waals surface area contributed by atoms with Gasteiger partial charge in [-0.2, -0.15) is 0 Å². The fraction of sp³-hybridized carbons (Fsp3) is 0.538. The molecule has 0 saturated carbocycles. The van der Waals surface area contributed by atoms with Crippen LogP contribution in [0.1, 0.15) is 29.8 Å². The molecule has 0 radical (unpaired) electrons. The average molecular weight is 261 g/mol. The van der Waals surface area contributed by atoms with Crippen LogP contribution >= 0.6 is 11.6 Å². The zero-order valence-electron chi connectivity index (χ0n) is 9.84. The maximum atomic E-state index is 13.7. The van der Waals surface area contributed by atoms with Crippen LogP contribution < -0.4 is 0 Å². The lowest BCUT2D eigenvalue weighted by Gasteiger charge is -2.17. The van der Waals surface area contributed by atoms with Crippen LogP contribution in [0.15, 0.2) is 12.1 Å². The first-order valence-corrected chi connectivity index (χ1v) is 6.14. The van der Waals surface area contributed by atoms with Crippen LogP contribution in [-0.4, -0.2) is 12.7 Å². The summed E-state index contributed by atoms with van der Waals surface area (Å²) in [6.07, 6.45) is 0.968. The Bertz CT molecular complexity index is 422. The Morgan fingerprint density at radius 1 is 1.35 bits per heavy atom. The smallest absolute Gasteiger partial charge is 0.130 e. The number of halogens is 3. The molecule has 4 heteroatoms. The van der Waals surface area contributed by atoms with E-state index in [-0.39, 0.29) is 12.0 Å². The van der Waals surface area contributed by atoms with Gasteiger partial charge in [0.25, 0.3) is 0 Å². The van der Waals surface area contributed by atoms with Crippen molar-refractivity contribution in [3.05, 3.63) is 34.9 Å². The van der Waals surface area contributed by atoms with Crippen LogP contribution in [0, 0.1) is 24.5 Å². The fourth-order valence-electron chi connectivity index (χ4n) is 2.20. The average Bonchev–Trinajstić information content (AvgIpc) is 2.69. The molecule has 1 aliphatic heterocycles. The largest absolute Gasteiger partial charge is 0.378 e. The molecule has 94 valence electrons. The minimum absolute atomic E-state index is 0.0889. The van der Waals surface area contributed by atoms with Gasteiger partial charge in [-0.15, -0.1) is 11.6 Å². The Morgan fingerprint density at radius 2 is 2.06 bits per heavy atom. The number of ether oxygens (including phenoxy) is 1. The Morgan fingerprint density at radius 3 is 2.65 bits per heavy atom. The summed E-state index contributed by atoms with van der Waals surface area (Å²) in [4.78, 5) is 0. The van der Waals surface area contributed by atoms with Crippen LogP contribution in [0.25, 0.3) is 0 Å². The lowest BCUT2D eigenvalue weighted by Crippen LogP contribution is -2.10. The first-order chi connectivity index (χ1) is 7.99. The molecule has 1 aromatic rings. The van der Waals surface area contributed by atoms with E-state index < -0.39 is 17.0 Å². The van der Waals surface area contributed by atoms with Crippen molar-refractivity contribution in [3.8, 4) is 0 Å². The van der Waals surface area contributed by atoms with Crippen molar-refractivity contribution >= 4 is 11.6 Å². The van der Waals surface area contributed by atoms with Gasteiger partial charge in [0.2, 0.25) is 0 Å². The van der Waals surface area contributed by atoms with E-state index in [9.17, 15) is 8.78 Å². The second-order valence-corrected chi connectivity index (χ2v) is 5.13. The number of alkyl halides is 1. The molecular formula is C13H15ClF2O. The van der Waals surface area contributed by atoms with Gasteiger partial charge in [0.05, 0.1) is 18.1 Å². The lowest BCUT2D eigenvalue weighted by atomic mass is 9.95. The molecule has 0 amide bonds. The van der Waals surface area contributed by atoms with Crippen LogP contribution in [-0.2, 0) is 4.74 Å². The Hall–Kier alpha value is -0.670. The van der Waals surface area contributed by atoms with E-state index in [0.29, 0.717) is 17.7 Å². The second-order valence-electron chi connectivity index (χ2n) is 4.66. The van der Waals surface area contributed by atoms with Gasteiger partial charge in [-0.25, -0.2) is 8.78 Å². The van der Waals surface area contributed by atoms with Crippen LogP contribution in [0.5, 0.6) is 0 Å². The topological polar surface area (TPSA) is 9.23 Å². The molecule has 1 aromatic carbocycles. The zero-order valence-corrected chi connectivity index (χ0v) is 10.6. The molecule has 0 aromatic heterocycles. The zero-order chi connectivity index (χ0) is 12.6. The summed E-state index contributed by atoms with van der Waals surface area (Å²) in [6.45, 7) is 4.11. The van der Waals surface area contributed by atoms with Gasteiger partial charge in [0.15, 0.2) is 0 Å². The molecule has 1 nitrogen and oxygen atoms in total. The van der Waals surface area contributed by atoms with E-state index in [4.69, 9.17) is 16.3 Å². The Balaban J connectivity index is 2.24. The number of hydrogen-bond acceptors (Lipinski definition) is 1. The molecule has 0 spiro atoms. The summed E-state index contributed by atoms with van der Waals surface area (Å²) in [5.41, 5.74) is 0.785. The quantitative estimate of drug-likeness (QED) is 0.731.